The van der Waals surface area contributed by atoms with Gasteiger partial charge < -0.3 is 4.90 Å². The van der Waals surface area contributed by atoms with Gasteiger partial charge in [-0.3, -0.25) is 13.8 Å². The van der Waals surface area contributed by atoms with Crippen molar-refractivity contribution in [2.24, 2.45) is 5.10 Å². The van der Waals surface area contributed by atoms with Crippen molar-refractivity contribution in [1.29, 1.82) is 0 Å². The Morgan fingerprint density at radius 1 is 1.30 bits per heavy atom. The van der Waals surface area contributed by atoms with Gasteiger partial charge in [-0.15, -0.1) is 0 Å². The first-order valence-corrected chi connectivity index (χ1v) is 7.63. The van der Waals surface area contributed by atoms with E-state index in [4.69, 9.17) is 0 Å². The lowest BCUT2D eigenvalue weighted by atomic mass is 10.1. The first kappa shape index (κ1) is 13.0. The molecule has 2 aliphatic heterocycles. The lowest BCUT2D eigenvalue weighted by Crippen LogP contribution is -2.44. The van der Waals surface area contributed by atoms with Crippen molar-refractivity contribution in [2.45, 2.75) is 17.7 Å². The van der Waals surface area contributed by atoms with E-state index in [1.54, 1.807) is 17.0 Å². The monoisotopic (exact) mass is 291 g/mol. The van der Waals surface area contributed by atoms with E-state index in [2.05, 4.69) is 10.5 Å². The second-order valence-corrected chi connectivity index (χ2v) is 6.11. The predicted octanol–water partition coefficient (Wildman–Crippen LogP) is 0.407. The fourth-order valence-electron chi connectivity index (χ4n) is 2.27. The molecule has 3 rings (SSSR count). The van der Waals surface area contributed by atoms with Crippen LogP contribution in [0.2, 0.25) is 0 Å². The molecule has 104 valence electrons. The van der Waals surface area contributed by atoms with Crippen LogP contribution in [0, 0.1) is 0 Å². The van der Waals surface area contributed by atoms with Crippen molar-refractivity contribution >= 4 is 34.0 Å². The Balaban J connectivity index is 1.92. The van der Waals surface area contributed by atoms with Crippen molar-refractivity contribution in [3.63, 3.8) is 0 Å². The Kier molecular flexibility index (Phi) is 3.35. The number of hydrazone groups is 1. The van der Waals surface area contributed by atoms with E-state index >= 15 is 0 Å². The average Bonchev–Trinajstić information content (AvgIpc) is 2.48. The molecule has 6 nitrogen and oxygen atoms in total. The van der Waals surface area contributed by atoms with Gasteiger partial charge in [0.1, 0.15) is 5.71 Å². The molecule has 1 unspecified atom stereocenters. The molecule has 2 amide bonds. The summed E-state index contributed by atoms with van der Waals surface area (Å²) in [5.41, 5.74) is 3.33. The zero-order valence-corrected chi connectivity index (χ0v) is 11.5. The molecule has 0 bridgehead atoms. The van der Waals surface area contributed by atoms with Gasteiger partial charge in [-0.2, -0.15) is 5.10 Å². The summed E-state index contributed by atoms with van der Waals surface area (Å²) in [5.74, 6) is 0.0124. The molecule has 20 heavy (non-hydrogen) atoms. The zero-order valence-electron chi connectivity index (χ0n) is 10.7. The highest BCUT2D eigenvalue weighted by Crippen LogP contribution is 2.28. The van der Waals surface area contributed by atoms with Crippen LogP contribution in [-0.2, 0) is 20.4 Å². The Morgan fingerprint density at radius 3 is 2.85 bits per heavy atom. The molecule has 2 aliphatic rings. The summed E-state index contributed by atoms with van der Waals surface area (Å²) in [5, 5.41) is 3.83. The third kappa shape index (κ3) is 2.24. The summed E-state index contributed by atoms with van der Waals surface area (Å²) in [7, 11) is -1.07. The minimum Gasteiger partial charge on any atom is -0.305 e. The number of fused-ring (bicyclic) bond motifs is 1. The summed E-state index contributed by atoms with van der Waals surface area (Å²) in [6.45, 7) is 0.398. The maximum Gasteiger partial charge on any atom is 0.274 e. The minimum atomic E-state index is -1.07. The van der Waals surface area contributed by atoms with Crippen LogP contribution in [-0.4, -0.2) is 34.0 Å². The van der Waals surface area contributed by atoms with E-state index in [0.29, 0.717) is 35.0 Å². The van der Waals surface area contributed by atoms with E-state index in [9.17, 15) is 13.8 Å². The molecule has 1 N–H and O–H groups in total. The van der Waals surface area contributed by atoms with Gasteiger partial charge in [0.2, 0.25) is 5.91 Å². The molecule has 1 aromatic carbocycles. The molecule has 0 saturated heterocycles. The number of hydrogen-bond donors (Lipinski definition) is 1. The highest BCUT2D eigenvalue weighted by atomic mass is 32.2. The molecule has 1 atom stereocenters. The van der Waals surface area contributed by atoms with Crippen molar-refractivity contribution in [3.8, 4) is 0 Å². The van der Waals surface area contributed by atoms with Gasteiger partial charge in [-0.05, 0) is 12.1 Å². The predicted molar refractivity (Wildman–Crippen MR) is 74.9 cm³/mol. The molecule has 2 heterocycles. The molecule has 0 spiro atoms. The zero-order chi connectivity index (χ0) is 14.1. The first-order chi connectivity index (χ1) is 9.66. The van der Waals surface area contributed by atoms with Crippen LogP contribution in [0.4, 0.5) is 5.69 Å². The van der Waals surface area contributed by atoms with Crippen LogP contribution < -0.4 is 10.3 Å². The smallest absolute Gasteiger partial charge is 0.274 e. The van der Waals surface area contributed by atoms with Crippen LogP contribution in [0.5, 0.6) is 0 Å². The number of rotatable bonds is 1. The molecular formula is C13H13N3O3S. The van der Waals surface area contributed by atoms with Gasteiger partial charge >= 0.3 is 0 Å². The Labute approximate surface area is 118 Å². The first-order valence-electron chi connectivity index (χ1n) is 6.31. The molecule has 0 aliphatic carbocycles. The van der Waals surface area contributed by atoms with Crippen LogP contribution in [0.3, 0.4) is 0 Å². The van der Waals surface area contributed by atoms with E-state index in [-0.39, 0.29) is 18.2 Å². The number of carbonyl (C=O) groups is 2. The maximum absolute atomic E-state index is 12.5. The van der Waals surface area contributed by atoms with Gasteiger partial charge in [0, 0.05) is 25.1 Å². The quantitative estimate of drug-likeness (QED) is 0.814. The van der Waals surface area contributed by atoms with Crippen molar-refractivity contribution in [2.75, 3.05) is 17.2 Å². The number of benzene rings is 1. The number of nitrogens with zero attached hydrogens (tertiary/aromatic N) is 2. The van der Waals surface area contributed by atoms with Crippen LogP contribution >= 0.6 is 0 Å². The van der Waals surface area contributed by atoms with Gasteiger partial charge in [-0.25, -0.2) is 5.43 Å². The lowest BCUT2D eigenvalue weighted by Gasteiger charge is -2.29. The van der Waals surface area contributed by atoms with Gasteiger partial charge in [0.25, 0.3) is 5.91 Å². The third-order valence-corrected chi connectivity index (χ3v) is 4.69. The SMILES string of the molecule is O=C1CCC(C(=O)N2CCS(=O)c3ccccc32)=NN1. The van der Waals surface area contributed by atoms with Crippen LogP contribution in [0.25, 0.3) is 0 Å². The maximum atomic E-state index is 12.5. The van der Waals surface area contributed by atoms with Gasteiger partial charge in [0.05, 0.1) is 21.4 Å². The second-order valence-electron chi connectivity index (χ2n) is 4.57. The Hall–Kier alpha value is -2.02. The molecule has 7 heteroatoms. The number of amides is 2. The third-order valence-electron chi connectivity index (χ3n) is 3.30. The van der Waals surface area contributed by atoms with E-state index < -0.39 is 10.8 Å². The Morgan fingerprint density at radius 2 is 2.10 bits per heavy atom. The molecule has 0 saturated carbocycles. The summed E-state index contributed by atoms with van der Waals surface area (Å²) in [4.78, 5) is 25.8. The average molecular weight is 291 g/mol. The number of para-hydroxylation sites is 1. The van der Waals surface area contributed by atoms with E-state index in [1.807, 2.05) is 12.1 Å². The van der Waals surface area contributed by atoms with Crippen LogP contribution in [0.1, 0.15) is 12.8 Å². The molecule has 1 aromatic rings. The number of hydrogen-bond acceptors (Lipinski definition) is 4. The number of carbonyl (C=O) groups excluding carboxylic acids is 2. The normalized spacial score (nSPS) is 21.8. The lowest BCUT2D eigenvalue weighted by molar-refractivity contribution is -0.121. The highest BCUT2D eigenvalue weighted by molar-refractivity contribution is 7.85. The second kappa shape index (κ2) is 5.16. The molecule has 0 radical (unpaired) electrons. The highest BCUT2D eigenvalue weighted by Gasteiger charge is 2.30. The summed E-state index contributed by atoms with van der Waals surface area (Å²) in [6, 6.07) is 7.18. The summed E-state index contributed by atoms with van der Waals surface area (Å²) in [6.07, 6.45) is 0.610. The standard InChI is InChI=1S/C13H13N3O3S/c17-12-6-5-9(14-15-12)13(18)16-7-8-20(19)11-4-2-1-3-10(11)16/h1-4H,5-8H2,(H,15,17). The minimum absolute atomic E-state index is 0.179. The fourth-order valence-corrected chi connectivity index (χ4v) is 3.48. The fraction of sp³-hybridized carbons (Fsp3) is 0.308. The number of nitrogens with one attached hydrogen (secondary N) is 1. The van der Waals surface area contributed by atoms with Gasteiger partial charge in [0.15, 0.2) is 0 Å². The molecule has 0 aromatic heterocycles. The topological polar surface area (TPSA) is 78.8 Å². The van der Waals surface area contributed by atoms with Crippen LogP contribution in [0.15, 0.2) is 34.3 Å². The van der Waals surface area contributed by atoms with Crippen molar-refractivity contribution < 1.29 is 13.8 Å². The Bertz CT molecular complexity index is 642. The largest absolute Gasteiger partial charge is 0.305 e. The van der Waals surface area contributed by atoms with Crippen molar-refractivity contribution in [1.82, 2.24) is 5.43 Å². The summed E-state index contributed by atoms with van der Waals surface area (Å²) >= 11 is 0. The molecular weight excluding hydrogens is 278 g/mol. The van der Waals surface area contributed by atoms with E-state index in [0.717, 1.165) is 0 Å². The number of anilines is 1. The van der Waals surface area contributed by atoms with Gasteiger partial charge in [-0.1, -0.05) is 12.1 Å². The van der Waals surface area contributed by atoms with Crippen molar-refractivity contribution in [3.05, 3.63) is 24.3 Å². The summed E-state index contributed by atoms with van der Waals surface area (Å²) < 4.78 is 12.0. The van der Waals surface area contributed by atoms with E-state index in [1.165, 1.54) is 0 Å². The molecule has 0 fully saturated rings.